The van der Waals surface area contributed by atoms with E-state index in [0.29, 0.717) is 18.9 Å². The third kappa shape index (κ3) is 3.54. The Bertz CT molecular complexity index is 791. The first-order valence-corrected chi connectivity index (χ1v) is 8.39. The topological polar surface area (TPSA) is 82.8 Å². The number of hydrogen-bond acceptors (Lipinski definition) is 5. The Kier molecular flexibility index (Phi) is 4.13. The van der Waals surface area contributed by atoms with E-state index in [-0.39, 0.29) is 6.04 Å². The van der Waals surface area contributed by atoms with Crippen molar-refractivity contribution in [2.75, 3.05) is 0 Å². The lowest BCUT2D eigenvalue weighted by atomic mass is 10.0. The van der Waals surface area contributed by atoms with Crippen LogP contribution >= 0.6 is 0 Å². The molecule has 3 aromatic rings. The Morgan fingerprint density at radius 2 is 2.04 bits per heavy atom. The van der Waals surface area contributed by atoms with Gasteiger partial charge >= 0.3 is 0 Å². The van der Waals surface area contributed by atoms with E-state index in [9.17, 15) is 0 Å². The molecule has 1 atom stereocenters. The molecule has 2 N–H and O–H groups in total. The predicted molar refractivity (Wildman–Crippen MR) is 89.4 cm³/mol. The Hall–Kier alpha value is -2.47. The molecule has 124 valence electrons. The van der Waals surface area contributed by atoms with E-state index in [1.165, 1.54) is 18.4 Å². The van der Waals surface area contributed by atoms with Crippen molar-refractivity contribution in [3.63, 3.8) is 0 Å². The van der Waals surface area contributed by atoms with Crippen LogP contribution in [0.15, 0.2) is 47.3 Å². The minimum Gasteiger partial charge on any atom is -0.364 e. The molecule has 0 radical (unpaired) electrons. The molecule has 2 aromatic heterocycles. The maximum Gasteiger partial charge on any atom is 0.129 e. The summed E-state index contributed by atoms with van der Waals surface area (Å²) in [5.74, 6) is 0.570. The maximum absolute atomic E-state index is 6.25. The quantitative estimate of drug-likeness (QED) is 0.721. The summed E-state index contributed by atoms with van der Waals surface area (Å²) < 4.78 is 6.96. The highest BCUT2D eigenvalue weighted by molar-refractivity contribution is 5.23. The van der Waals surface area contributed by atoms with Crippen LogP contribution in [0.5, 0.6) is 0 Å². The van der Waals surface area contributed by atoms with Gasteiger partial charge in [0.2, 0.25) is 0 Å². The molecule has 0 saturated heterocycles. The molecular weight excluding hydrogens is 302 g/mol. The second kappa shape index (κ2) is 6.57. The van der Waals surface area contributed by atoms with Crippen molar-refractivity contribution in [2.45, 2.75) is 44.2 Å². The van der Waals surface area contributed by atoms with E-state index >= 15 is 0 Å². The zero-order valence-electron chi connectivity index (χ0n) is 13.5. The number of nitrogens with two attached hydrogens (primary N) is 1. The van der Waals surface area contributed by atoms with Crippen molar-refractivity contribution in [2.24, 2.45) is 5.73 Å². The summed E-state index contributed by atoms with van der Waals surface area (Å²) in [6.07, 6.45) is 7.65. The van der Waals surface area contributed by atoms with Gasteiger partial charge in [-0.3, -0.25) is 0 Å². The molecule has 4 rings (SSSR count). The lowest BCUT2D eigenvalue weighted by molar-refractivity contribution is 0.411. The van der Waals surface area contributed by atoms with Gasteiger partial charge in [0.25, 0.3) is 0 Å². The zero-order valence-corrected chi connectivity index (χ0v) is 13.5. The standard InChI is InChI=1S/C18H21N5O/c19-16(8-13-4-2-1-3-5-13)9-17-11-23(22-20-17)10-15-12-24-21-18(15)14-6-7-14/h1-5,11-12,14,16H,6-10,19H2. The van der Waals surface area contributed by atoms with Gasteiger partial charge in [-0.1, -0.05) is 40.7 Å². The highest BCUT2D eigenvalue weighted by Gasteiger charge is 2.29. The third-order valence-electron chi connectivity index (χ3n) is 4.37. The van der Waals surface area contributed by atoms with Crippen LogP contribution in [0.3, 0.4) is 0 Å². The molecule has 2 heterocycles. The van der Waals surface area contributed by atoms with E-state index in [2.05, 4.69) is 27.6 Å². The van der Waals surface area contributed by atoms with Crippen molar-refractivity contribution in [3.8, 4) is 0 Å². The molecule has 0 aliphatic heterocycles. The molecule has 1 unspecified atom stereocenters. The van der Waals surface area contributed by atoms with Gasteiger partial charge in [0, 0.05) is 30.1 Å². The second-order valence-corrected chi connectivity index (χ2v) is 6.56. The van der Waals surface area contributed by atoms with Gasteiger partial charge in [0.15, 0.2) is 0 Å². The van der Waals surface area contributed by atoms with Crippen LogP contribution in [0.25, 0.3) is 0 Å². The van der Waals surface area contributed by atoms with Gasteiger partial charge in [0.1, 0.15) is 6.26 Å². The summed E-state index contributed by atoms with van der Waals surface area (Å²) in [6.45, 7) is 0.649. The van der Waals surface area contributed by atoms with Gasteiger partial charge < -0.3 is 10.3 Å². The highest BCUT2D eigenvalue weighted by Crippen LogP contribution is 2.40. The van der Waals surface area contributed by atoms with Gasteiger partial charge in [-0.25, -0.2) is 4.68 Å². The predicted octanol–water partition coefficient (Wildman–Crippen LogP) is 2.30. The van der Waals surface area contributed by atoms with E-state index in [1.54, 1.807) is 6.26 Å². The summed E-state index contributed by atoms with van der Waals surface area (Å²) in [6, 6.07) is 10.3. The number of hydrogen-bond donors (Lipinski definition) is 1. The molecule has 6 nitrogen and oxygen atoms in total. The van der Waals surface area contributed by atoms with Gasteiger partial charge in [0.05, 0.1) is 17.9 Å². The largest absolute Gasteiger partial charge is 0.364 e. The van der Waals surface area contributed by atoms with Gasteiger partial charge in [-0.15, -0.1) is 5.10 Å². The normalized spacial score (nSPS) is 15.5. The Morgan fingerprint density at radius 3 is 2.83 bits per heavy atom. The summed E-state index contributed by atoms with van der Waals surface area (Å²) in [4.78, 5) is 0. The molecule has 0 bridgehead atoms. The summed E-state index contributed by atoms with van der Waals surface area (Å²) in [7, 11) is 0. The molecule has 1 saturated carbocycles. The minimum atomic E-state index is 0.0372. The SMILES string of the molecule is NC(Cc1ccccc1)Cc1cn(Cc2conc2C2CC2)nn1. The van der Waals surface area contributed by atoms with Crippen LogP contribution in [0.1, 0.15) is 41.3 Å². The second-order valence-electron chi connectivity index (χ2n) is 6.56. The molecule has 1 aromatic carbocycles. The number of nitrogens with zero attached hydrogens (tertiary/aromatic N) is 4. The summed E-state index contributed by atoms with van der Waals surface area (Å²) in [5, 5.41) is 12.6. The Balaban J connectivity index is 1.37. The lowest BCUT2D eigenvalue weighted by Crippen LogP contribution is -2.25. The first kappa shape index (κ1) is 15.1. The first-order chi connectivity index (χ1) is 11.8. The Morgan fingerprint density at radius 1 is 1.21 bits per heavy atom. The fourth-order valence-electron chi connectivity index (χ4n) is 3.02. The van der Waals surface area contributed by atoms with Crippen molar-refractivity contribution in [1.82, 2.24) is 20.2 Å². The fraction of sp³-hybridized carbons (Fsp3) is 0.389. The highest BCUT2D eigenvalue weighted by atomic mass is 16.5. The number of benzene rings is 1. The zero-order chi connectivity index (χ0) is 16.4. The first-order valence-electron chi connectivity index (χ1n) is 8.39. The monoisotopic (exact) mass is 323 g/mol. The number of aromatic nitrogens is 4. The van der Waals surface area contributed by atoms with E-state index in [4.69, 9.17) is 10.3 Å². The minimum absolute atomic E-state index is 0.0372. The summed E-state index contributed by atoms with van der Waals surface area (Å²) >= 11 is 0. The van der Waals surface area contributed by atoms with Crippen LogP contribution in [0.2, 0.25) is 0 Å². The van der Waals surface area contributed by atoms with Crippen molar-refractivity contribution in [3.05, 3.63) is 65.3 Å². The van der Waals surface area contributed by atoms with Crippen molar-refractivity contribution >= 4 is 0 Å². The molecule has 0 amide bonds. The molecule has 0 spiro atoms. The molecule has 6 heteroatoms. The molecule has 24 heavy (non-hydrogen) atoms. The average molecular weight is 323 g/mol. The molecule has 1 aliphatic rings. The average Bonchev–Trinajstić information content (AvgIpc) is 3.17. The van der Waals surface area contributed by atoms with Crippen LogP contribution in [-0.2, 0) is 19.4 Å². The fourth-order valence-corrected chi connectivity index (χ4v) is 3.02. The number of rotatable bonds is 7. The van der Waals surface area contributed by atoms with Crippen LogP contribution in [0, 0.1) is 0 Å². The van der Waals surface area contributed by atoms with E-state index < -0.39 is 0 Å². The molecule has 1 aliphatic carbocycles. The van der Waals surface area contributed by atoms with Crippen LogP contribution in [0.4, 0.5) is 0 Å². The molecule has 1 fully saturated rings. The lowest BCUT2D eigenvalue weighted by Gasteiger charge is -2.09. The Labute approximate surface area is 140 Å². The van der Waals surface area contributed by atoms with Gasteiger partial charge in [-0.2, -0.15) is 0 Å². The van der Waals surface area contributed by atoms with Crippen LogP contribution in [-0.4, -0.2) is 26.2 Å². The molecular formula is C18H21N5O. The van der Waals surface area contributed by atoms with Gasteiger partial charge in [-0.05, 0) is 24.8 Å². The van der Waals surface area contributed by atoms with E-state index in [0.717, 1.165) is 23.4 Å². The van der Waals surface area contributed by atoms with Crippen LogP contribution < -0.4 is 5.73 Å². The summed E-state index contributed by atoms with van der Waals surface area (Å²) in [5.41, 5.74) is 10.6. The third-order valence-corrected chi connectivity index (χ3v) is 4.37. The van der Waals surface area contributed by atoms with Crippen molar-refractivity contribution in [1.29, 1.82) is 0 Å². The van der Waals surface area contributed by atoms with E-state index in [1.807, 2.05) is 29.1 Å². The maximum atomic E-state index is 6.25. The van der Waals surface area contributed by atoms with Crippen molar-refractivity contribution < 1.29 is 4.52 Å². The smallest absolute Gasteiger partial charge is 0.129 e.